The summed E-state index contributed by atoms with van der Waals surface area (Å²) in [6.07, 6.45) is 17.1. The van der Waals surface area contributed by atoms with Gasteiger partial charge in [-0.2, -0.15) is 0 Å². The summed E-state index contributed by atoms with van der Waals surface area (Å²) in [5.41, 5.74) is 3.80. The van der Waals surface area contributed by atoms with Crippen molar-refractivity contribution in [2.45, 2.75) is 96.8 Å². The van der Waals surface area contributed by atoms with E-state index in [-0.39, 0.29) is 5.82 Å². The van der Waals surface area contributed by atoms with Crippen LogP contribution in [0.15, 0.2) is 36.5 Å². The van der Waals surface area contributed by atoms with Crippen LogP contribution in [0.25, 0.3) is 11.3 Å². The molecule has 1 aliphatic carbocycles. The molecule has 0 saturated heterocycles. The molecule has 0 aliphatic heterocycles. The molecule has 158 valence electrons. The Morgan fingerprint density at radius 2 is 1.69 bits per heavy atom. The van der Waals surface area contributed by atoms with E-state index in [1.54, 1.807) is 6.07 Å². The van der Waals surface area contributed by atoms with E-state index in [0.29, 0.717) is 11.5 Å². The predicted octanol–water partition coefficient (Wildman–Crippen LogP) is 8.47. The van der Waals surface area contributed by atoms with Gasteiger partial charge in [0.25, 0.3) is 0 Å². The molecule has 0 amide bonds. The fourth-order valence-corrected chi connectivity index (χ4v) is 4.76. The zero-order chi connectivity index (χ0) is 20.5. The minimum absolute atomic E-state index is 0.144. The maximum absolute atomic E-state index is 14.7. The van der Waals surface area contributed by atoms with Gasteiger partial charge >= 0.3 is 0 Å². The number of pyridine rings is 1. The normalized spacial score (nSPS) is 19.4. The monoisotopic (exact) mass is 395 g/mol. The van der Waals surface area contributed by atoms with Crippen LogP contribution in [0.2, 0.25) is 0 Å². The number of nitrogens with zero attached hydrogens (tertiary/aromatic N) is 1. The van der Waals surface area contributed by atoms with Gasteiger partial charge in [-0.05, 0) is 79.7 Å². The fourth-order valence-electron chi connectivity index (χ4n) is 4.76. The van der Waals surface area contributed by atoms with Crippen molar-refractivity contribution < 1.29 is 4.39 Å². The molecule has 1 aromatic heterocycles. The standard InChI is InChI=1S/C27H38FN/c1-3-5-7-8-10-22-13-17-25(26(28)19-22)27-18-16-24(20-29-27)23-14-11-21(12-15-23)9-6-4-2/h13,16-21,23H,3-12,14-15H2,1-2H3/t21-,23-. The van der Waals surface area contributed by atoms with Gasteiger partial charge in [-0.3, -0.25) is 4.98 Å². The van der Waals surface area contributed by atoms with Crippen LogP contribution < -0.4 is 0 Å². The van der Waals surface area contributed by atoms with Crippen LogP contribution >= 0.6 is 0 Å². The smallest absolute Gasteiger partial charge is 0.132 e. The van der Waals surface area contributed by atoms with Gasteiger partial charge in [0, 0.05) is 11.8 Å². The molecule has 2 aromatic rings. The minimum Gasteiger partial charge on any atom is -0.256 e. The Morgan fingerprint density at radius 3 is 2.34 bits per heavy atom. The van der Waals surface area contributed by atoms with Crippen molar-refractivity contribution in [3.63, 3.8) is 0 Å². The van der Waals surface area contributed by atoms with Gasteiger partial charge in [0.2, 0.25) is 0 Å². The number of hydrogen-bond acceptors (Lipinski definition) is 1. The number of aromatic nitrogens is 1. The second-order valence-corrected chi connectivity index (χ2v) is 8.96. The van der Waals surface area contributed by atoms with Gasteiger partial charge in [-0.15, -0.1) is 0 Å². The number of hydrogen-bond donors (Lipinski definition) is 0. The lowest BCUT2D eigenvalue weighted by molar-refractivity contribution is 0.304. The molecule has 2 heteroatoms. The molecule has 1 heterocycles. The zero-order valence-electron chi connectivity index (χ0n) is 18.4. The van der Waals surface area contributed by atoms with Gasteiger partial charge in [0.05, 0.1) is 5.69 Å². The Hall–Kier alpha value is -1.70. The van der Waals surface area contributed by atoms with Gasteiger partial charge in [0.1, 0.15) is 5.82 Å². The summed E-state index contributed by atoms with van der Waals surface area (Å²) >= 11 is 0. The number of rotatable bonds is 10. The zero-order valence-corrected chi connectivity index (χ0v) is 18.4. The van der Waals surface area contributed by atoms with Crippen LogP contribution in [0.4, 0.5) is 4.39 Å². The lowest BCUT2D eigenvalue weighted by atomic mass is 9.77. The highest BCUT2D eigenvalue weighted by molar-refractivity contribution is 5.60. The van der Waals surface area contributed by atoms with E-state index in [4.69, 9.17) is 0 Å². The summed E-state index contributed by atoms with van der Waals surface area (Å²) in [4.78, 5) is 4.63. The fraction of sp³-hybridized carbons (Fsp3) is 0.593. The highest BCUT2D eigenvalue weighted by Gasteiger charge is 2.22. The lowest BCUT2D eigenvalue weighted by Gasteiger charge is -2.28. The average Bonchev–Trinajstić information content (AvgIpc) is 2.76. The van der Waals surface area contributed by atoms with E-state index in [1.807, 2.05) is 18.3 Å². The van der Waals surface area contributed by atoms with E-state index < -0.39 is 0 Å². The van der Waals surface area contributed by atoms with Crippen molar-refractivity contribution in [2.24, 2.45) is 5.92 Å². The van der Waals surface area contributed by atoms with E-state index >= 15 is 0 Å². The quantitative estimate of drug-likeness (QED) is 0.368. The second kappa shape index (κ2) is 11.5. The summed E-state index contributed by atoms with van der Waals surface area (Å²) in [6, 6.07) is 9.87. The molecule has 1 saturated carbocycles. The third-order valence-electron chi connectivity index (χ3n) is 6.70. The van der Waals surface area contributed by atoms with Crippen LogP contribution in [0.1, 0.15) is 102 Å². The molecule has 29 heavy (non-hydrogen) atoms. The number of benzene rings is 1. The van der Waals surface area contributed by atoms with Crippen LogP contribution in [0, 0.1) is 11.7 Å². The van der Waals surface area contributed by atoms with Crippen LogP contribution in [0.5, 0.6) is 0 Å². The first-order chi connectivity index (χ1) is 14.2. The van der Waals surface area contributed by atoms with Crippen molar-refractivity contribution in [3.05, 3.63) is 53.5 Å². The van der Waals surface area contributed by atoms with Crippen molar-refractivity contribution in [1.29, 1.82) is 0 Å². The molecule has 1 nitrogen and oxygen atoms in total. The third-order valence-corrected chi connectivity index (χ3v) is 6.70. The highest BCUT2D eigenvalue weighted by atomic mass is 19.1. The maximum atomic E-state index is 14.7. The van der Waals surface area contributed by atoms with Gasteiger partial charge < -0.3 is 0 Å². The molecule has 1 fully saturated rings. The van der Waals surface area contributed by atoms with Gasteiger partial charge in [0.15, 0.2) is 0 Å². The third kappa shape index (κ3) is 6.39. The number of unbranched alkanes of at least 4 members (excludes halogenated alkanes) is 4. The molecule has 0 N–H and O–H groups in total. The van der Waals surface area contributed by atoms with E-state index in [0.717, 1.165) is 30.0 Å². The molecule has 1 aromatic carbocycles. The maximum Gasteiger partial charge on any atom is 0.132 e. The van der Waals surface area contributed by atoms with Crippen molar-refractivity contribution in [1.82, 2.24) is 4.98 Å². The Morgan fingerprint density at radius 1 is 0.897 bits per heavy atom. The largest absolute Gasteiger partial charge is 0.256 e. The SMILES string of the molecule is CCCCCCc1ccc(-c2ccc([C@H]3CC[C@H](CCCC)CC3)cn2)c(F)c1. The number of aryl methyl sites for hydroxylation is 1. The summed E-state index contributed by atoms with van der Waals surface area (Å²) in [5, 5.41) is 0. The van der Waals surface area contributed by atoms with Gasteiger partial charge in [-0.25, -0.2) is 4.39 Å². The van der Waals surface area contributed by atoms with E-state index in [1.165, 1.54) is 69.8 Å². The second-order valence-electron chi connectivity index (χ2n) is 8.96. The topological polar surface area (TPSA) is 12.9 Å². The summed E-state index contributed by atoms with van der Waals surface area (Å²) in [7, 11) is 0. The first-order valence-electron chi connectivity index (χ1n) is 12.0. The van der Waals surface area contributed by atoms with E-state index in [9.17, 15) is 4.39 Å². The molecule has 0 unspecified atom stereocenters. The Kier molecular flexibility index (Phi) is 8.70. The molecular formula is C27H38FN. The van der Waals surface area contributed by atoms with E-state index in [2.05, 4.69) is 31.0 Å². The molecule has 0 bridgehead atoms. The summed E-state index contributed by atoms with van der Waals surface area (Å²) < 4.78 is 14.7. The molecule has 1 aliphatic rings. The Balaban J connectivity index is 1.57. The average molecular weight is 396 g/mol. The summed E-state index contributed by atoms with van der Waals surface area (Å²) in [6.45, 7) is 4.49. The first kappa shape index (κ1) is 22.0. The van der Waals surface area contributed by atoms with Crippen molar-refractivity contribution in [3.8, 4) is 11.3 Å². The molecular weight excluding hydrogens is 357 g/mol. The summed E-state index contributed by atoms with van der Waals surface area (Å²) in [5.74, 6) is 1.41. The Bertz CT molecular complexity index is 729. The first-order valence-corrected chi connectivity index (χ1v) is 12.0. The van der Waals surface area contributed by atoms with Crippen molar-refractivity contribution in [2.75, 3.05) is 0 Å². The molecule has 0 radical (unpaired) electrons. The molecule has 0 spiro atoms. The van der Waals surface area contributed by atoms with Crippen LogP contribution in [-0.4, -0.2) is 4.98 Å². The van der Waals surface area contributed by atoms with Crippen LogP contribution in [0.3, 0.4) is 0 Å². The highest BCUT2D eigenvalue weighted by Crippen LogP contribution is 2.37. The Labute approximate surface area is 177 Å². The number of halogens is 1. The predicted molar refractivity (Wildman–Crippen MR) is 122 cm³/mol. The van der Waals surface area contributed by atoms with Crippen molar-refractivity contribution >= 4 is 0 Å². The molecule has 0 atom stereocenters. The molecule has 3 rings (SSSR count). The van der Waals surface area contributed by atoms with Gasteiger partial charge in [-0.1, -0.05) is 64.5 Å². The van der Waals surface area contributed by atoms with Crippen LogP contribution in [-0.2, 0) is 6.42 Å². The lowest BCUT2D eigenvalue weighted by Crippen LogP contribution is -2.13. The minimum atomic E-state index is -0.144.